The van der Waals surface area contributed by atoms with E-state index in [0.717, 1.165) is 44.6 Å². The average molecular weight is 329 g/mol. The molecule has 2 amide bonds. The molecular formula is C19H27N3O2. The summed E-state index contributed by atoms with van der Waals surface area (Å²) in [6.45, 7) is 7.28. The van der Waals surface area contributed by atoms with E-state index in [1.54, 1.807) is 4.90 Å². The molecule has 2 saturated heterocycles. The van der Waals surface area contributed by atoms with Gasteiger partial charge in [-0.25, -0.2) is 0 Å². The Labute approximate surface area is 144 Å². The zero-order chi connectivity index (χ0) is 17.1. The maximum Gasteiger partial charge on any atom is 0.251 e. The van der Waals surface area contributed by atoms with Crippen LogP contribution in [0.2, 0.25) is 0 Å². The minimum atomic E-state index is -0.0164. The van der Waals surface area contributed by atoms with Crippen molar-refractivity contribution >= 4 is 17.5 Å². The fourth-order valence-corrected chi connectivity index (χ4v) is 3.54. The Morgan fingerprint density at radius 1 is 1.12 bits per heavy atom. The first-order valence-electron chi connectivity index (χ1n) is 9.00. The third kappa shape index (κ3) is 3.78. The number of nitrogens with one attached hydrogen (secondary N) is 1. The highest BCUT2D eigenvalue weighted by molar-refractivity contribution is 5.97. The van der Waals surface area contributed by atoms with Crippen LogP contribution in [0.25, 0.3) is 0 Å². The molecule has 2 aliphatic heterocycles. The molecule has 1 N–H and O–H groups in total. The Morgan fingerprint density at radius 3 is 2.33 bits per heavy atom. The topological polar surface area (TPSA) is 52.7 Å². The molecule has 0 saturated carbocycles. The Bertz CT molecular complexity index is 589. The van der Waals surface area contributed by atoms with Crippen molar-refractivity contribution < 1.29 is 9.59 Å². The second-order valence-corrected chi connectivity index (χ2v) is 7.07. The number of hydrogen-bond donors (Lipinski definition) is 1. The Balaban J connectivity index is 1.55. The van der Waals surface area contributed by atoms with Crippen molar-refractivity contribution in [3.63, 3.8) is 0 Å². The molecule has 3 rings (SSSR count). The van der Waals surface area contributed by atoms with Crippen LogP contribution >= 0.6 is 0 Å². The minimum Gasteiger partial charge on any atom is -0.349 e. The van der Waals surface area contributed by atoms with Crippen LogP contribution in [0.1, 0.15) is 49.9 Å². The summed E-state index contributed by atoms with van der Waals surface area (Å²) in [5.74, 6) is 0.154. The molecule has 2 heterocycles. The monoisotopic (exact) mass is 329 g/mol. The molecule has 2 aliphatic rings. The van der Waals surface area contributed by atoms with E-state index in [1.165, 1.54) is 0 Å². The predicted octanol–water partition coefficient (Wildman–Crippen LogP) is 2.42. The first-order chi connectivity index (χ1) is 11.5. The lowest BCUT2D eigenvalue weighted by atomic mass is 10.0. The number of likely N-dealkylation sites (tertiary alicyclic amines) is 1. The van der Waals surface area contributed by atoms with Gasteiger partial charge in [-0.1, -0.05) is 0 Å². The average Bonchev–Trinajstić information content (AvgIpc) is 3.01. The first kappa shape index (κ1) is 17.0. The van der Waals surface area contributed by atoms with Gasteiger partial charge in [0.05, 0.1) is 0 Å². The molecule has 2 fully saturated rings. The van der Waals surface area contributed by atoms with E-state index in [1.807, 2.05) is 24.3 Å². The molecule has 1 aromatic carbocycles. The quantitative estimate of drug-likeness (QED) is 0.923. The summed E-state index contributed by atoms with van der Waals surface area (Å²) in [7, 11) is 0. The maximum absolute atomic E-state index is 12.4. The van der Waals surface area contributed by atoms with E-state index >= 15 is 0 Å². The van der Waals surface area contributed by atoms with Gasteiger partial charge < -0.3 is 15.1 Å². The largest absolute Gasteiger partial charge is 0.349 e. The van der Waals surface area contributed by atoms with Gasteiger partial charge >= 0.3 is 0 Å². The third-order valence-electron chi connectivity index (χ3n) is 5.11. The second kappa shape index (κ2) is 7.34. The number of hydrogen-bond acceptors (Lipinski definition) is 3. The summed E-state index contributed by atoms with van der Waals surface area (Å²) in [5.41, 5.74) is 1.55. The lowest BCUT2D eigenvalue weighted by molar-refractivity contribution is -0.117. The van der Waals surface area contributed by atoms with E-state index in [2.05, 4.69) is 24.1 Å². The molecule has 0 unspecified atom stereocenters. The molecule has 0 bridgehead atoms. The van der Waals surface area contributed by atoms with Gasteiger partial charge in [0.2, 0.25) is 5.91 Å². The van der Waals surface area contributed by atoms with Gasteiger partial charge in [0.25, 0.3) is 5.91 Å². The number of carbonyl (C=O) groups is 2. The number of rotatable bonds is 4. The number of anilines is 1. The third-order valence-corrected chi connectivity index (χ3v) is 5.11. The summed E-state index contributed by atoms with van der Waals surface area (Å²) < 4.78 is 0. The van der Waals surface area contributed by atoms with Crippen LogP contribution in [-0.2, 0) is 4.79 Å². The molecule has 5 nitrogen and oxygen atoms in total. The SMILES string of the molecule is CC(C)N1CCC(NC(=O)c2ccc(N3CCCC3=O)cc2)CC1. The van der Waals surface area contributed by atoms with E-state index in [4.69, 9.17) is 0 Å². The van der Waals surface area contributed by atoms with Crippen LogP contribution < -0.4 is 10.2 Å². The molecule has 0 aromatic heterocycles. The van der Waals surface area contributed by atoms with Crippen LogP contribution in [0.3, 0.4) is 0 Å². The second-order valence-electron chi connectivity index (χ2n) is 7.07. The van der Waals surface area contributed by atoms with Crippen molar-refractivity contribution in [1.29, 1.82) is 0 Å². The summed E-state index contributed by atoms with van der Waals surface area (Å²) in [6.07, 6.45) is 3.54. The van der Waals surface area contributed by atoms with Crippen LogP contribution in [0.15, 0.2) is 24.3 Å². The first-order valence-corrected chi connectivity index (χ1v) is 9.00. The van der Waals surface area contributed by atoms with E-state index in [9.17, 15) is 9.59 Å². The summed E-state index contributed by atoms with van der Waals surface area (Å²) in [5, 5.41) is 3.15. The lowest BCUT2D eigenvalue weighted by Gasteiger charge is -2.34. The van der Waals surface area contributed by atoms with Gasteiger partial charge in [0.1, 0.15) is 0 Å². The zero-order valence-electron chi connectivity index (χ0n) is 14.6. The molecule has 5 heteroatoms. The number of piperidine rings is 1. The summed E-state index contributed by atoms with van der Waals surface area (Å²) >= 11 is 0. The van der Waals surface area contributed by atoms with E-state index in [-0.39, 0.29) is 17.9 Å². The Morgan fingerprint density at radius 2 is 1.79 bits per heavy atom. The van der Waals surface area contributed by atoms with Crippen molar-refractivity contribution in [3.05, 3.63) is 29.8 Å². The Hall–Kier alpha value is -1.88. The van der Waals surface area contributed by atoms with Crippen molar-refractivity contribution in [2.75, 3.05) is 24.5 Å². The van der Waals surface area contributed by atoms with Gasteiger partial charge in [-0.15, -0.1) is 0 Å². The standard InChI is InChI=1S/C19H27N3O2/c1-14(2)21-12-9-16(10-13-21)20-19(24)15-5-7-17(8-6-15)22-11-3-4-18(22)23/h5-8,14,16H,3-4,9-13H2,1-2H3,(H,20,24). The fourth-order valence-electron chi connectivity index (χ4n) is 3.54. The molecule has 0 atom stereocenters. The highest BCUT2D eigenvalue weighted by atomic mass is 16.2. The summed E-state index contributed by atoms with van der Waals surface area (Å²) in [4.78, 5) is 28.4. The maximum atomic E-state index is 12.4. The van der Waals surface area contributed by atoms with Crippen molar-refractivity contribution in [3.8, 4) is 0 Å². The van der Waals surface area contributed by atoms with Crippen molar-refractivity contribution in [2.45, 2.75) is 51.6 Å². The zero-order valence-corrected chi connectivity index (χ0v) is 14.6. The van der Waals surface area contributed by atoms with Crippen molar-refractivity contribution in [2.24, 2.45) is 0 Å². The van der Waals surface area contributed by atoms with Gasteiger partial charge in [-0.2, -0.15) is 0 Å². The molecular weight excluding hydrogens is 302 g/mol. The molecule has 24 heavy (non-hydrogen) atoms. The van der Waals surface area contributed by atoms with Crippen LogP contribution in [-0.4, -0.2) is 48.4 Å². The minimum absolute atomic E-state index is 0.0164. The molecule has 130 valence electrons. The molecule has 1 aromatic rings. The van der Waals surface area contributed by atoms with Crippen molar-refractivity contribution in [1.82, 2.24) is 10.2 Å². The lowest BCUT2D eigenvalue weighted by Crippen LogP contribution is -2.46. The number of benzene rings is 1. The van der Waals surface area contributed by atoms with E-state index in [0.29, 0.717) is 18.0 Å². The van der Waals surface area contributed by atoms with Crippen LogP contribution in [0.4, 0.5) is 5.69 Å². The normalized spacial score (nSPS) is 20.0. The number of carbonyl (C=O) groups excluding carboxylic acids is 2. The number of amides is 2. The van der Waals surface area contributed by atoms with Gasteiger partial charge in [-0.3, -0.25) is 9.59 Å². The van der Waals surface area contributed by atoms with Gasteiger partial charge in [-0.05, 0) is 57.4 Å². The molecule has 0 spiro atoms. The highest BCUT2D eigenvalue weighted by Crippen LogP contribution is 2.22. The van der Waals surface area contributed by atoms with E-state index < -0.39 is 0 Å². The smallest absolute Gasteiger partial charge is 0.251 e. The molecule has 0 aliphatic carbocycles. The highest BCUT2D eigenvalue weighted by Gasteiger charge is 2.23. The van der Waals surface area contributed by atoms with Crippen LogP contribution in [0.5, 0.6) is 0 Å². The van der Waals surface area contributed by atoms with Gasteiger partial charge in [0, 0.05) is 49.4 Å². The Kier molecular flexibility index (Phi) is 5.19. The molecule has 0 radical (unpaired) electrons. The summed E-state index contributed by atoms with van der Waals surface area (Å²) in [6, 6.07) is 8.22. The number of nitrogens with zero attached hydrogens (tertiary/aromatic N) is 2. The fraction of sp³-hybridized carbons (Fsp3) is 0.579. The van der Waals surface area contributed by atoms with Crippen LogP contribution in [0, 0.1) is 0 Å². The van der Waals surface area contributed by atoms with Gasteiger partial charge in [0.15, 0.2) is 0 Å². The predicted molar refractivity (Wildman–Crippen MR) is 95.2 cm³/mol.